The second kappa shape index (κ2) is 7.13. The van der Waals surface area contributed by atoms with Crippen molar-refractivity contribution in [3.8, 4) is 5.75 Å². The fourth-order valence-electron chi connectivity index (χ4n) is 3.01. The molecule has 27 heavy (non-hydrogen) atoms. The zero-order valence-electron chi connectivity index (χ0n) is 15.8. The average Bonchev–Trinajstić information content (AvgIpc) is 2.58. The summed E-state index contributed by atoms with van der Waals surface area (Å²) in [6, 6.07) is 7.14. The lowest BCUT2D eigenvalue weighted by atomic mass is 9.85. The van der Waals surface area contributed by atoms with Crippen molar-refractivity contribution in [2.24, 2.45) is 0 Å². The van der Waals surface area contributed by atoms with Crippen LogP contribution in [0.4, 0.5) is 18.9 Å². The molecular weight excluding hydrogens is 359 g/mol. The number of aryl methyl sites for hydroxylation is 3. The molecule has 0 amide bonds. The summed E-state index contributed by atoms with van der Waals surface area (Å²) >= 11 is 0. The third kappa shape index (κ3) is 3.46. The normalized spacial score (nSPS) is 13.8. The van der Waals surface area contributed by atoms with Crippen LogP contribution in [-0.4, -0.2) is 24.4 Å². The topological polar surface area (TPSA) is 58.6 Å². The number of halogens is 3. The van der Waals surface area contributed by atoms with Crippen molar-refractivity contribution in [2.75, 3.05) is 12.4 Å². The lowest BCUT2D eigenvalue weighted by molar-refractivity contribution is -0.201. The monoisotopic (exact) mass is 381 g/mol. The minimum Gasteiger partial charge on any atom is -0.507 e. The van der Waals surface area contributed by atoms with Crippen molar-refractivity contribution >= 4 is 11.7 Å². The number of hydrogen-bond donors (Lipinski definition) is 2. The van der Waals surface area contributed by atoms with Gasteiger partial charge in [-0.3, -0.25) is 0 Å². The first-order valence-electron chi connectivity index (χ1n) is 8.26. The fourth-order valence-corrected chi connectivity index (χ4v) is 3.01. The van der Waals surface area contributed by atoms with Crippen LogP contribution in [0.2, 0.25) is 0 Å². The molecule has 2 aromatic carbocycles. The number of nitrogens with one attached hydrogen (secondary N) is 1. The Morgan fingerprint density at radius 2 is 1.59 bits per heavy atom. The van der Waals surface area contributed by atoms with E-state index in [1.165, 1.54) is 19.9 Å². The van der Waals surface area contributed by atoms with E-state index in [1.54, 1.807) is 26.0 Å². The van der Waals surface area contributed by atoms with Gasteiger partial charge in [-0.15, -0.1) is 0 Å². The number of alkyl halides is 3. The predicted octanol–water partition coefficient (Wildman–Crippen LogP) is 4.67. The van der Waals surface area contributed by atoms with Crippen LogP contribution < -0.4 is 5.32 Å². The number of phenols is 1. The summed E-state index contributed by atoms with van der Waals surface area (Å²) in [5.41, 5.74) is -1.49. The summed E-state index contributed by atoms with van der Waals surface area (Å²) in [6.45, 7) is 6.39. The highest BCUT2D eigenvalue weighted by Gasteiger charge is 2.63. The summed E-state index contributed by atoms with van der Waals surface area (Å²) in [4.78, 5) is 12.5. The predicted molar refractivity (Wildman–Crippen MR) is 96.9 cm³/mol. The molecule has 0 aliphatic carbocycles. The molecule has 1 atom stereocenters. The number of benzene rings is 2. The largest absolute Gasteiger partial charge is 0.507 e. The van der Waals surface area contributed by atoms with Crippen molar-refractivity contribution in [2.45, 2.75) is 39.4 Å². The molecule has 0 radical (unpaired) electrons. The SMILES string of the molecule is COC(=O)[C@](Nc1cccc(C)c1C)(c1cc(C)c(O)c(C)c1)C(F)(F)F. The highest BCUT2D eigenvalue weighted by Crippen LogP contribution is 2.45. The first-order valence-corrected chi connectivity index (χ1v) is 8.26. The van der Waals surface area contributed by atoms with Gasteiger partial charge in [0.15, 0.2) is 0 Å². The van der Waals surface area contributed by atoms with E-state index in [-0.39, 0.29) is 28.1 Å². The maximum Gasteiger partial charge on any atom is 0.426 e. The lowest BCUT2D eigenvalue weighted by Gasteiger charge is -2.36. The third-order valence-electron chi connectivity index (χ3n) is 4.77. The second-order valence-corrected chi connectivity index (χ2v) is 6.57. The molecule has 0 saturated heterocycles. The fraction of sp³-hybridized carbons (Fsp3) is 0.350. The number of carbonyl (C=O) groups is 1. The molecule has 0 heterocycles. The number of phenolic OH excluding ortho intramolecular Hbond substituents is 1. The van der Waals surface area contributed by atoms with E-state index >= 15 is 0 Å². The minimum atomic E-state index is -5.01. The Labute approximate surface area is 156 Å². The van der Waals surface area contributed by atoms with E-state index in [0.29, 0.717) is 5.56 Å². The summed E-state index contributed by atoms with van der Waals surface area (Å²) in [6.07, 6.45) is -5.01. The van der Waals surface area contributed by atoms with Gasteiger partial charge >= 0.3 is 12.1 Å². The van der Waals surface area contributed by atoms with Gasteiger partial charge in [0, 0.05) is 5.69 Å². The Morgan fingerprint density at radius 1 is 1.04 bits per heavy atom. The molecule has 0 aliphatic heterocycles. The first kappa shape index (κ1) is 20.6. The molecule has 2 N–H and O–H groups in total. The average molecular weight is 381 g/mol. The number of aromatic hydroxyl groups is 1. The van der Waals surface area contributed by atoms with Gasteiger partial charge in [-0.2, -0.15) is 13.2 Å². The number of carbonyl (C=O) groups excluding carboxylic acids is 1. The Morgan fingerprint density at radius 3 is 2.07 bits per heavy atom. The van der Waals surface area contributed by atoms with Gasteiger partial charge in [-0.1, -0.05) is 12.1 Å². The van der Waals surface area contributed by atoms with E-state index in [9.17, 15) is 23.1 Å². The van der Waals surface area contributed by atoms with Crippen molar-refractivity contribution in [1.29, 1.82) is 0 Å². The quantitative estimate of drug-likeness (QED) is 0.756. The first-order chi connectivity index (χ1) is 12.5. The van der Waals surface area contributed by atoms with Crippen LogP contribution in [-0.2, 0) is 15.1 Å². The zero-order valence-corrected chi connectivity index (χ0v) is 15.8. The number of ether oxygens (including phenoxy) is 1. The van der Waals surface area contributed by atoms with Crippen LogP contribution in [0, 0.1) is 27.7 Å². The van der Waals surface area contributed by atoms with Crippen LogP contribution in [0.15, 0.2) is 30.3 Å². The van der Waals surface area contributed by atoms with Crippen molar-refractivity contribution in [3.63, 3.8) is 0 Å². The molecule has 0 fully saturated rings. The van der Waals surface area contributed by atoms with Gasteiger partial charge in [-0.05, 0) is 73.7 Å². The van der Waals surface area contributed by atoms with Gasteiger partial charge in [0.1, 0.15) is 5.75 Å². The molecule has 0 bridgehead atoms. The van der Waals surface area contributed by atoms with Crippen LogP contribution in [0.25, 0.3) is 0 Å². The molecule has 146 valence electrons. The number of methoxy groups -OCH3 is 1. The smallest absolute Gasteiger partial charge is 0.426 e. The Hall–Kier alpha value is -2.70. The summed E-state index contributed by atoms with van der Waals surface area (Å²) in [5, 5.41) is 12.3. The highest BCUT2D eigenvalue weighted by molar-refractivity contribution is 5.88. The van der Waals surface area contributed by atoms with Crippen LogP contribution in [0.3, 0.4) is 0 Å². The second-order valence-electron chi connectivity index (χ2n) is 6.57. The standard InChI is InChI=1S/C20H22F3NO3/c1-11-7-6-8-16(14(11)4)24-19(18(26)27-5,20(21,22)23)15-9-12(2)17(25)13(3)10-15/h6-10,24-25H,1-5H3/t19-/m1/s1. The van der Waals surface area contributed by atoms with Gasteiger partial charge in [0.2, 0.25) is 0 Å². The van der Waals surface area contributed by atoms with E-state index in [0.717, 1.165) is 24.8 Å². The molecule has 0 unspecified atom stereocenters. The van der Waals surface area contributed by atoms with Crippen molar-refractivity contribution in [1.82, 2.24) is 0 Å². The molecule has 0 saturated carbocycles. The molecule has 2 aromatic rings. The van der Waals surface area contributed by atoms with E-state index in [1.807, 2.05) is 0 Å². The van der Waals surface area contributed by atoms with E-state index in [4.69, 9.17) is 0 Å². The van der Waals surface area contributed by atoms with Crippen molar-refractivity contribution in [3.05, 3.63) is 58.1 Å². The van der Waals surface area contributed by atoms with Crippen LogP contribution >= 0.6 is 0 Å². The third-order valence-corrected chi connectivity index (χ3v) is 4.77. The molecule has 0 spiro atoms. The van der Waals surface area contributed by atoms with Crippen molar-refractivity contribution < 1.29 is 27.8 Å². The maximum absolute atomic E-state index is 14.4. The lowest BCUT2D eigenvalue weighted by Crippen LogP contribution is -2.56. The van der Waals surface area contributed by atoms with Gasteiger partial charge in [0.25, 0.3) is 5.54 Å². The Balaban J connectivity index is 2.83. The molecule has 2 rings (SSSR count). The molecule has 0 aromatic heterocycles. The summed E-state index contributed by atoms with van der Waals surface area (Å²) in [7, 11) is 0.910. The molecule has 0 aliphatic rings. The summed E-state index contributed by atoms with van der Waals surface area (Å²) < 4.78 is 47.6. The molecule has 4 nitrogen and oxygen atoms in total. The molecular formula is C20H22F3NO3. The molecule has 7 heteroatoms. The highest BCUT2D eigenvalue weighted by atomic mass is 19.4. The number of anilines is 1. The van der Waals surface area contributed by atoms with Gasteiger partial charge in [-0.25, -0.2) is 4.79 Å². The van der Waals surface area contributed by atoms with E-state index in [2.05, 4.69) is 10.1 Å². The zero-order chi connectivity index (χ0) is 20.6. The number of hydrogen-bond acceptors (Lipinski definition) is 4. The number of esters is 1. The van der Waals surface area contributed by atoms with Gasteiger partial charge < -0.3 is 15.2 Å². The number of rotatable bonds is 4. The van der Waals surface area contributed by atoms with Gasteiger partial charge in [0.05, 0.1) is 7.11 Å². The maximum atomic E-state index is 14.4. The van der Waals surface area contributed by atoms with E-state index < -0.39 is 17.7 Å². The van der Waals surface area contributed by atoms with Crippen LogP contribution in [0.5, 0.6) is 5.75 Å². The minimum absolute atomic E-state index is 0.119. The Kier molecular flexibility index (Phi) is 5.45. The van der Waals surface area contributed by atoms with Crippen LogP contribution in [0.1, 0.15) is 27.8 Å². The Bertz CT molecular complexity index is 854. The summed E-state index contributed by atoms with van der Waals surface area (Å²) in [5.74, 6) is -1.60.